The van der Waals surface area contributed by atoms with E-state index >= 15 is 0 Å². The Morgan fingerprint density at radius 3 is 2.33 bits per heavy atom. The summed E-state index contributed by atoms with van der Waals surface area (Å²) in [4.78, 5) is 0. The van der Waals surface area contributed by atoms with Gasteiger partial charge in [-0.3, -0.25) is 0 Å². The highest BCUT2D eigenvalue weighted by atomic mass is 32.2. The number of hydrogen-bond acceptors (Lipinski definition) is 2. The molecule has 1 aromatic rings. The van der Waals surface area contributed by atoms with Crippen LogP contribution in [0.3, 0.4) is 0 Å². The Hall–Kier alpha value is -0.470. The Labute approximate surface area is 96.9 Å². The van der Waals surface area contributed by atoms with Gasteiger partial charge in [-0.2, -0.15) is 11.8 Å². The van der Waals surface area contributed by atoms with Gasteiger partial charge in [-0.25, -0.2) is 0 Å². The molecule has 1 aromatic carbocycles. The molecule has 0 radical (unpaired) electrons. The van der Waals surface area contributed by atoms with Gasteiger partial charge in [0, 0.05) is 5.75 Å². The maximum atomic E-state index is 10.0. The third kappa shape index (κ3) is 3.25. The molecule has 1 atom stereocenters. The van der Waals surface area contributed by atoms with Crippen molar-refractivity contribution in [3.63, 3.8) is 0 Å². The third-order valence-electron chi connectivity index (χ3n) is 2.72. The highest BCUT2D eigenvalue weighted by Crippen LogP contribution is 2.24. The monoisotopic (exact) mass is 224 g/mol. The van der Waals surface area contributed by atoms with E-state index in [9.17, 15) is 5.11 Å². The van der Waals surface area contributed by atoms with Crippen molar-refractivity contribution in [2.45, 2.75) is 33.8 Å². The molecular weight excluding hydrogens is 204 g/mol. The summed E-state index contributed by atoms with van der Waals surface area (Å²) < 4.78 is 0. The quantitative estimate of drug-likeness (QED) is 0.846. The second-order valence-corrected chi connectivity index (χ2v) is 5.29. The van der Waals surface area contributed by atoms with Gasteiger partial charge in [0.25, 0.3) is 0 Å². The fraction of sp³-hybridized carbons (Fsp3) is 0.538. The van der Waals surface area contributed by atoms with Crippen LogP contribution in [0.4, 0.5) is 0 Å². The van der Waals surface area contributed by atoms with Crippen molar-refractivity contribution in [1.29, 1.82) is 0 Å². The van der Waals surface area contributed by atoms with Gasteiger partial charge in [-0.05, 0) is 48.8 Å². The Morgan fingerprint density at radius 2 is 1.73 bits per heavy atom. The Morgan fingerprint density at radius 1 is 1.13 bits per heavy atom. The molecule has 0 fully saturated rings. The molecule has 0 saturated heterocycles. The van der Waals surface area contributed by atoms with Crippen molar-refractivity contribution < 1.29 is 5.11 Å². The highest BCUT2D eigenvalue weighted by molar-refractivity contribution is 7.99. The molecule has 2 heteroatoms. The van der Waals surface area contributed by atoms with Crippen LogP contribution in [0.15, 0.2) is 12.1 Å². The van der Waals surface area contributed by atoms with Gasteiger partial charge in [-0.15, -0.1) is 0 Å². The zero-order valence-corrected chi connectivity index (χ0v) is 10.8. The van der Waals surface area contributed by atoms with Crippen LogP contribution in [0.5, 0.6) is 0 Å². The summed E-state index contributed by atoms with van der Waals surface area (Å²) in [5.41, 5.74) is 4.84. The molecule has 0 amide bonds. The summed E-state index contributed by atoms with van der Waals surface area (Å²) in [5.74, 6) is 1.85. The van der Waals surface area contributed by atoms with Crippen LogP contribution in [0, 0.1) is 20.8 Å². The second kappa shape index (κ2) is 5.57. The topological polar surface area (TPSA) is 20.2 Å². The first-order valence-electron chi connectivity index (χ1n) is 5.39. The molecule has 15 heavy (non-hydrogen) atoms. The number of hydrogen-bond donors (Lipinski definition) is 1. The summed E-state index contributed by atoms with van der Waals surface area (Å²) in [6.45, 7) is 8.39. The van der Waals surface area contributed by atoms with Crippen molar-refractivity contribution in [3.05, 3.63) is 34.4 Å². The number of thioether (sulfide) groups is 1. The summed E-state index contributed by atoms with van der Waals surface area (Å²) in [7, 11) is 0. The molecule has 1 N–H and O–H groups in total. The van der Waals surface area contributed by atoms with Gasteiger partial charge in [0.05, 0.1) is 6.10 Å². The Kier molecular flexibility index (Phi) is 4.68. The number of benzene rings is 1. The lowest BCUT2D eigenvalue weighted by Crippen LogP contribution is -2.04. The molecular formula is C13H20OS. The van der Waals surface area contributed by atoms with Crippen LogP contribution in [-0.2, 0) is 0 Å². The van der Waals surface area contributed by atoms with Gasteiger partial charge in [0.15, 0.2) is 0 Å². The fourth-order valence-electron chi connectivity index (χ4n) is 1.66. The normalized spacial score (nSPS) is 12.9. The average molecular weight is 224 g/mol. The van der Waals surface area contributed by atoms with E-state index in [1.807, 2.05) is 0 Å². The van der Waals surface area contributed by atoms with Crippen molar-refractivity contribution in [1.82, 2.24) is 0 Å². The summed E-state index contributed by atoms with van der Waals surface area (Å²) in [6, 6.07) is 4.27. The molecule has 0 bridgehead atoms. The molecule has 0 spiro atoms. The third-order valence-corrected chi connectivity index (χ3v) is 3.68. The Bertz CT molecular complexity index is 334. The standard InChI is InChI=1S/C13H20OS/c1-5-15-8-13(14)12-7-10(3)9(2)6-11(12)4/h6-7,13-14H,5,8H2,1-4H3. The van der Waals surface area contributed by atoms with Crippen LogP contribution < -0.4 is 0 Å². The number of aryl methyl sites for hydroxylation is 3. The van der Waals surface area contributed by atoms with Gasteiger partial charge >= 0.3 is 0 Å². The minimum absolute atomic E-state index is 0.325. The molecule has 1 unspecified atom stereocenters. The number of aliphatic hydroxyl groups is 1. The maximum absolute atomic E-state index is 10.0. The molecule has 0 aromatic heterocycles. The first kappa shape index (κ1) is 12.6. The number of rotatable bonds is 4. The molecule has 0 aliphatic heterocycles. The summed E-state index contributed by atoms with van der Waals surface area (Å²) in [5, 5.41) is 10.0. The van der Waals surface area contributed by atoms with E-state index in [2.05, 4.69) is 39.8 Å². The average Bonchev–Trinajstić information content (AvgIpc) is 2.20. The lowest BCUT2D eigenvalue weighted by atomic mass is 9.98. The minimum atomic E-state index is -0.325. The van der Waals surface area contributed by atoms with E-state index in [4.69, 9.17) is 0 Å². The zero-order chi connectivity index (χ0) is 11.4. The zero-order valence-electron chi connectivity index (χ0n) is 10.0. The molecule has 1 nitrogen and oxygen atoms in total. The first-order valence-corrected chi connectivity index (χ1v) is 6.55. The van der Waals surface area contributed by atoms with Crippen LogP contribution in [0.1, 0.15) is 35.3 Å². The van der Waals surface area contributed by atoms with Crippen LogP contribution in [0.25, 0.3) is 0 Å². The molecule has 0 heterocycles. The van der Waals surface area contributed by atoms with E-state index in [-0.39, 0.29) is 6.10 Å². The summed E-state index contributed by atoms with van der Waals surface area (Å²) in [6.07, 6.45) is -0.325. The largest absolute Gasteiger partial charge is 0.388 e. The van der Waals surface area contributed by atoms with E-state index in [0.29, 0.717) is 0 Å². The lowest BCUT2D eigenvalue weighted by molar-refractivity contribution is 0.203. The molecule has 0 saturated carbocycles. The predicted molar refractivity (Wildman–Crippen MR) is 68.6 cm³/mol. The van der Waals surface area contributed by atoms with Crippen LogP contribution in [-0.4, -0.2) is 16.6 Å². The molecule has 84 valence electrons. The van der Waals surface area contributed by atoms with E-state index in [1.165, 1.54) is 16.7 Å². The maximum Gasteiger partial charge on any atom is 0.0883 e. The van der Waals surface area contributed by atoms with Crippen molar-refractivity contribution in [2.75, 3.05) is 11.5 Å². The van der Waals surface area contributed by atoms with Crippen molar-refractivity contribution in [3.8, 4) is 0 Å². The fourth-order valence-corrected chi connectivity index (χ4v) is 2.30. The number of aliphatic hydroxyl groups excluding tert-OH is 1. The van der Waals surface area contributed by atoms with E-state index in [1.54, 1.807) is 11.8 Å². The van der Waals surface area contributed by atoms with Crippen molar-refractivity contribution in [2.24, 2.45) is 0 Å². The van der Waals surface area contributed by atoms with E-state index < -0.39 is 0 Å². The van der Waals surface area contributed by atoms with Gasteiger partial charge in [0.1, 0.15) is 0 Å². The minimum Gasteiger partial charge on any atom is -0.388 e. The summed E-state index contributed by atoms with van der Waals surface area (Å²) >= 11 is 1.78. The smallest absolute Gasteiger partial charge is 0.0883 e. The Balaban J connectivity index is 2.88. The SMILES string of the molecule is CCSCC(O)c1cc(C)c(C)cc1C. The van der Waals surface area contributed by atoms with Gasteiger partial charge in [-0.1, -0.05) is 19.1 Å². The second-order valence-electron chi connectivity index (χ2n) is 3.97. The van der Waals surface area contributed by atoms with Crippen molar-refractivity contribution >= 4 is 11.8 Å². The molecule has 1 rings (SSSR count). The van der Waals surface area contributed by atoms with E-state index in [0.717, 1.165) is 17.1 Å². The molecule has 0 aliphatic carbocycles. The van der Waals surface area contributed by atoms with Gasteiger partial charge < -0.3 is 5.11 Å². The lowest BCUT2D eigenvalue weighted by Gasteiger charge is -2.15. The predicted octanol–water partition coefficient (Wildman–Crippen LogP) is 3.40. The first-order chi connectivity index (χ1) is 7.06. The van der Waals surface area contributed by atoms with Crippen LogP contribution >= 0.6 is 11.8 Å². The van der Waals surface area contributed by atoms with Gasteiger partial charge in [0.2, 0.25) is 0 Å². The highest BCUT2D eigenvalue weighted by Gasteiger charge is 2.11. The van der Waals surface area contributed by atoms with Crippen LogP contribution in [0.2, 0.25) is 0 Å². The molecule has 0 aliphatic rings.